The predicted molar refractivity (Wildman–Crippen MR) is 73.0 cm³/mol. The number of carbonyl (C=O) groups excluding carboxylic acids is 2. The van der Waals surface area contributed by atoms with Crippen LogP contribution in [0.5, 0.6) is 0 Å². The molecule has 1 amide bonds. The Morgan fingerprint density at radius 1 is 1.25 bits per heavy atom. The summed E-state index contributed by atoms with van der Waals surface area (Å²) in [4.78, 5) is 23.4. The molecule has 0 atom stereocenters. The first-order valence-corrected chi connectivity index (χ1v) is 6.69. The molecule has 114 valence electrons. The van der Waals surface area contributed by atoms with Crippen LogP contribution in [0.2, 0.25) is 0 Å². The summed E-state index contributed by atoms with van der Waals surface area (Å²) in [5.74, 6) is -0.393. The van der Waals surface area contributed by atoms with Gasteiger partial charge >= 0.3 is 12.1 Å². The molecule has 1 heterocycles. The predicted octanol–water partition coefficient (Wildman–Crippen LogP) is 1.99. The van der Waals surface area contributed by atoms with Crippen molar-refractivity contribution in [2.75, 3.05) is 20.3 Å². The van der Waals surface area contributed by atoms with Crippen LogP contribution in [0.25, 0.3) is 0 Å². The molecule has 1 fully saturated rings. The van der Waals surface area contributed by atoms with Gasteiger partial charge in [0.15, 0.2) is 0 Å². The number of amides is 1. The highest BCUT2D eigenvalue weighted by atomic mass is 16.6. The van der Waals surface area contributed by atoms with Gasteiger partial charge < -0.3 is 14.2 Å². The molecule has 0 spiro atoms. The quantitative estimate of drug-likeness (QED) is 0.634. The summed E-state index contributed by atoms with van der Waals surface area (Å²) < 4.78 is 15.1. The molecule has 0 bridgehead atoms. The maximum atomic E-state index is 11.7. The zero-order chi connectivity index (χ0) is 15.2. The Morgan fingerprint density at radius 3 is 2.35 bits per heavy atom. The van der Waals surface area contributed by atoms with E-state index in [1.807, 2.05) is 0 Å². The zero-order valence-electron chi connectivity index (χ0n) is 12.5. The van der Waals surface area contributed by atoms with Crippen molar-refractivity contribution in [2.45, 2.75) is 39.2 Å². The normalized spacial score (nSPS) is 17.5. The SMILES string of the molecule is COC(=O)C(=CC1CCOCC1)NC(=O)OC(C)(C)C. The minimum absolute atomic E-state index is 0.119. The van der Waals surface area contributed by atoms with Gasteiger partial charge in [-0.15, -0.1) is 0 Å². The second kappa shape index (κ2) is 7.28. The van der Waals surface area contributed by atoms with Gasteiger partial charge in [0, 0.05) is 13.2 Å². The number of alkyl carbamates (subject to hydrolysis) is 1. The van der Waals surface area contributed by atoms with Crippen LogP contribution in [0.3, 0.4) is 0 Å². The maximum absolute atomic E-state index is 11.7. The van der Waals surface area contributed by atoms with Crippen molar-refractivity contribution in [2.24, 2.45) is 5.92 Å². The molecular formula is C14H23NO5. The molecule has 1 rings (SSSR count). The van der Waals surface area contributed by atoms with E-state index >= 15 is 0 Å². The Hall–Kier alpha value is -1.56. The number of methoxy groups -OCH3 is 1. The highest BCUT2D eigenvalue weighted by Gasteiger charge is 2.22. The Kier molecular flexibility index (Phi) is 6.01. The Labute approximate surface area is 119 Å². The monoisotopic (exact) mass is 285 g/mol. The Bertz CT molecular complexity index is 378. The Morgan fingerprint density at radius 2 is 1.85 bits per heavy atom. The van der Waals surface area contributed by atoms with Gasteiger partial charge in [-0.05, 0) is 45.6 Å². The molecule has 0 aromatic rings. The van der Waals surface area contributed by atoms with Crippen molar-refractivity contribution in [3.8, 4) is 0 Å². The van der Waals surface area contributed by atoms with E-state index < -0.39 is 17.7 Å². The first-order chi connectivity index (χ1) is 9.31. The molecule has 0 aromatic heterocycles. The average Bonchev–Trinajstić information content (AvgIpc) is 2.36. The third-order valence-corrected chi connectivity index (χ3v) is 2.71. The van der Waals surface area contributed by atoms with Gasteiger partial charge in [-0.25, -0.2) is 9.59 Å². The molecule has 1 aliphatic rings. The fourth-order valence-electron chi connectivity index (χ4n) is 1.80. The third kappa shape index (κ3) is 6.06. The van der Waals surface area contributed by atoms with Gasteiger partial charge in [0.05, 0.1) is 7.11 Å². The molecule has 0 aliphatic carbocycles. The molecule has 20 heavy (non-hydrogen) atoms. The van der Waals surface area contributed by atoms with Crippen LogP contribution in [0.15, 0.2) is 11.8 Å². The van der Waals surface area contributed by atoms with Gasteiger partial charge in [-0.2, -0.15) is 0 Å². The summed E-state index contributed by atoms with van der Waals surface area (Å²) in [7, 11) is 1.27. The van der Waals surface area contributed by atoms with Crippen molar-refractivity contribution in [1.29, 1.82) is 0 Å². The smallest absolute Gasteiger partial charge is 0.412 e. The van der Waals surface area contributed by atoms with E-state index in [4.69, 9.17) is 9.47 Å². The molecule has 0 unspecified atom stereocenters. The second-order valence-corrected chi connectivity index (χ2v) is 5.65. The topological polar surface area (TPSA) is 73.9 Å². The second-order valence-electron chi connectivity index (χ2n) is 5.65. The summed E-state index contributed by atoms with van der Waals surface area (Å²) in [6.07, 6.45) is 2.69. The van der Waals surface area contributed by atoms with E-state index in [0.717, 1.165) is 12.8 Å². The number of esters is 1. The molecule has 0 radical (unpaired) electrons. The number of carbonyl (C=O) groups is 2. The van der Waals surface area contributed by atoms with Crippen LogP contribution in [-0.2, 0) is 19.0 Å². The lowest BCUT2D eigenvalue weighted by atomic mass is 9.99. The van der Waals surface area contributed by atoms with E-state index in [1.54, 1.807) is 26.8 Å². The molecule has 1 saturated heterocycles. The van der Waals surface area contributed by atoms with E-state index in [9.17, 15) is 9.59 Å². The Balaban J connectivity index is 2.71. The number of hydrogen-bond acceptors (Lipinski definition) is 5. The number of hydrogen-bond donors (Lipinski definition) is 1. The minimum atomic E-state index is -0.666. The molecule has 6 nitrogen and oxygen atoms in total. The highest BCUT2D eigenvalue weighted by Crippen LogP contribution is 2.18. The van der Waals surface area contributed by atoms with E-state index in [-0.39, 0.29) is 11.6 Å². The van der Waals surface area contributed by atoms with Crippen LogP contribution < -0.4 is 5.32 Å². The molecular weight excluding hydrogens is 262 g/mol. The van der Waals surface area contributed by atoms with E-state index in [1.165, 1.54) is 7.11 Å². The summed E-state index contributed by atoms with van der Waals surface area (Å²) in [5.41, 5.74) is -0.502. The zero-order valence-corrected chi connectivity index (χ0v) is 12.5. The fraction of sp³-hybridized carbons (Fsp3) is 0.714. The molecule has 1 aliphatic heterocycles. The van der Waals surface area contributed by atoms with Crippen molar-refractivity contribution < 1.29 is 23.8 Å². The van der Waals surface area contributed by atoms with Gasteiger partial charge in [-0.3, -0.25) is 5.32 Å². The average molecular weight is 285 g/mol. The number of ether oxygens (including phenoxy) is 3. The lowest BCUT2D eigenvalue weighted by molar-refractivity contribution is -0.136. The number of nitrogens with one attached hydrogen (secondary N) is 1. The fourth-order valence-corrected chi connectivity index (χ4v) is 1.80. The summed E-state index contributed by atoms with van der Waals surface area (Å²) in [6.45, 7) is 6.58. The van der Waals surface area contributed by atoms with Crippen LogP contribution in [0.1, 0.15) is 33.6 Å². The first kappa shape index (κ1) is 16.5. The van der Waals surface area contributed by atoms with Crippen molar-refractivity contribution in [3.63, 3.8) is 0 Å². The van der Waals surface area contributed by atoms with Crippen molar-refractivity contribution in [3.05, 3.63) is 11.8 Å². The third-order valence-electron chi connectivity index (χ3n) is 2.71. The summed E-state index contributed by atoms with van der Waals surface area (Å²) in [6, 6.07) is 0. The van der Waals surface area contributed by atoms with Crippen LogP contribution in [0, 0.1) is 5.92 Å². The van der Waals surface area contributed by atoms with Crippen LogP contribution in [0.4, 0.5) is 4.79 Å². The van der Waals surface area contributed by atoms with Gasteiger partial charge in [-0.1, -0.05) is 0 Å². The van der Waals surface area contributed by atoms with Gasteiger partial charge in [0.2, 0.25) is 0 Å². The van der Waals surface area contributed by atoms with Gasteiger partial charge in [0.1, 0.15) is 11.3 Å². The first-order valence-electron chi connectivity index (χ1n) is 6.69. The van der Waals surface area contributed by atoms with Crippen molar-refractivity contribution >= 4 is 12.1 Å². The van der Waals surface area contributed by atoms with E-state index in [0.29, 0.717) is 13.2 Å². The lowest BCUT2D eigenvalue weighted by Crippen LogP contribution is -2.35. The molecule has 0 aromatic carbocycles. The number of allylic oxidation sites excluding steroid dienone is 1. The van der Waals surface area contributed by atoms with Crippen LogP contribution in [-0.4, -0.2) is 38.0 Å². The van der Waals surface area contributed by atoms with Crippen molar-refractivity contribution in [1.82, 2.24) is 5.32 Å². The molecule has 0 saturated carbocycles. The maximum Gasteiger partial charge on any atom is 0.412 e. The minimum Gasteiger partial charge on any atom is -0.464 e. The highest BCUT2D eigenvalue weighted by molar-refractivity contribution is 5.92. The number of rotatable bonds is 3. The molecule has 6 heteroatoms. The van der Waals surface area contributed by atoms with Crippen LogP contribution >= 0.6 is 0 Å². The largest absolute Gasteiger partial charge is 0.464 e. The van der Waals surface area contributed by atoms with Gasteiger partial charge in [0.25, 0.3) is 0 Å². The summed E-state index contributed by atoms with van der Waals surface area (Å²) in [5, 5.41) is 2.46. The van der Waals surface area contributed by atoms with E-state index in [2.05, 4.69) is 10.1 Å². The molecule has 1 N–H and O–H groups in total. The lowest BCUT2D eigenvalue weighted by Gasteiger charge is -2.22. The standard InChI is InChI=1S/C14H23NO5/c1-14(2,3)20-13(17)15-11(12(16)18-4)9-10-5-7-19-8-6-10/h9-10H,5-8H2,1-4H3,(H,15,17). The summed E-state index contributed by atoms with van der Waals surface area (Å²) >= 11 is 0.